The molecule has 2 rings (SSSR count). The Kier molecular flexibility index (Phi) is 2.25. The van der Waals surface area contributed by atoms with Crippen molar-refractivity contribution >= 4 is 11.6 Å². The predicted octanol–water partition coefficient (Wildman–Crippen LogP) is 2.54. The minimum absolute atomic E-state index is 0.396. The van der Waals surface area contributed by atoms with Gasteiger partial charge in [0.15, 0.2) is 0 Å². The molecule has 0 aliphatic carbocycles. The molecule has 0 aliphatic heterocycles. The number of benzene rings is 1. The Hall–Kier alpha value is -1.35. The molecule has 0 aliphatic rings. The Morgan fingerprint density at radius 3 is 2.57 bits per heavy atom. The van der Waals surface area contributed by atoms with Crippen molar-refractivity contribution in [2.45, 2.75) is 13.8 Å². The first-order valence-corrected chi connectivity index (χ1v) is 4.71. The highest BCUT2D eigenvalue weighted by Crippen LogP contribution is 2.17. The van der Waals surface area contributed by atoms with Crippen LogP contribution in [0.15, 0.2) is 24.3 Å². The van der Waals surface area contributed by atoms with Crippen LogP contribution in [0.25, 0.3) is 5.69 Å². The van der Waals surface area contributed by atoms with E-state index in [-0.39, 0.29) is 0 Å². The Bertz CT molecular complexity index is 443. The van der Waals surface area contributed by atoms with Crippen molar-refractivity contribution in [3.8, 4) is 5.69 Å². The summed E-state index contributed by atoms with van der Waals surface area (Å²) in [5.74, 6) is 0.792. The van der Waals surface area contributed by atoms with Crippen LogP contribution in [-0.4, -0.2) is 14.8 Å². The number of aryl methyl sites for hydroxylation is 2. The molecule has 14 heavy (non-hydrogen) atoms. The van der Waals surface area contributed by atoms with E-state index in [1.165, 1.54) is 5.56 Å². The molecule has 0 saturated heterocycles. The van der Waals surface area contributed by atoms with Crippen LogP contribution in [0.4, 0.5) is 0 Å². The molecule has 2 aromatic rings. The molecular weight excluding hydrogens is 198 g/mol. The summed E-state index contributed by atoms with van der Waals surface area (Å²) in [5.41, 5.74) is 2.18. The third-order valence-corrected chi connectivity index (χ3v) is 2.29. The van der Waals surface area contributed by atoms with Gasteiger partial charge in [-0.2, -0.15) is 0 Å². The maximum atomic E-state index is 5.92. The fraction of sp³-hybridized carbons (Fsp3) is 0.200. The standard InChI is InChI=1S/C10H10ClN3/c1-7-4-3-5-9(6-7)14-8(2)12-13-10(14)11/h3-6H,1-2H3. The first-order chi connectivity index (χ1) is 6.68. The lowest BCUT2D eigenvalue weighted by Crippen LogP contribution is -1.97. The van der Waals surface area contributed by atoms with Crippen molar-refractivity contribution in [2.75, 3.05) is 0 Å². The highest BCUT2D eigenvalue weighted by Gasteiger charge is 2.07. The number of nitrogens with zero attached hydrogens (tertiary/aromatic N) is 3. The van der Waals surface area contributed by atoms with Crippen LogP contribution < -0.4 is 0 Å². The van der Waals surface area contributed by atoms with Crippen molar-refractivity contribution in [2.24, 2.45) is 0 Å². The maximum absolute atomic E-state index is 5.92. The summed E-state index contributed by atoms with van der Waals surface area (Å²) >= 11 is 5.92. The molecule has 1 aromatic heterocycles. The number of hydrogen-bond acceptors (Lipinski definition) is 2. The van der Waals surface area contributed by atoms with Gasteiger partial charge in [-0.05, 0) is 43.1 Å². The third-order valence-electron chi connectivity index (χ3n) is 2.05. The quantitative estimate of drug-likeness (QED) is 0.720. The topological polar surface area (TPSA) is 30.7 Å². The lowest BCUT2D eigenvalue weighted by molar-refractivity contribution is 0.968. The molecule has 0 atom stereocenters. The summed E-state index contributed by atoms with van der Waals surface area (Å²) in [4.78, 5) is 0. The van der Waals surface area contributed by atoms with Gasteiger partial charge in [0.1, 0.15) is 5.82 Å². The van der Waals surface area contributed by atoms with Gasteiger partial charge >= 0.3 is 0 Å². The predicted molar refractivity (Wildman–Crippen MR) is 55.8 cm³/mol. The highest BCUT2D eigenvalue weighted by molar-refractivity contribution is 6.28. The van der Waals surface area contributed by atoms with Crippen molar-refractivity contribution in [3.05, 3.63) is 40.9 Å². The Balaban J connectivity index is 2.59. The molecule has 0 fully saturated rings. The van der Waals surface area contributed by atoms with E-state index in [9.17, 15) is 0 Å². The molecule has 0 radical (unpaired) electrons. The van der Waals surface area contributed by atoms with Gasteiger partial charge in [-0.1, -0.05) is 12.1 Å². The lowest BCUT2D eigenvalue weighted by Gasteiger charge is -2.05. The first kappa shape index (κ1) is 9.21. The summed E-state index contributed by atoms with van der Waals surface area (Å²) in [7, 11) is 0. The lowest BCUT2D eigenvalue weighted by atomic mass is 10.2. The number of aromatic nitrogens is 3. The van der Waals surface area contributed by atoms with E-state index in [1.807, 2.05) is 42.7 Å². The van der Waals surface area contributed by atoms with E-state index < -0.39 is 0 Å². The molecule has 0 saturated carbocycles. The van der Waals surface area contributed by atoms with Crippen molar-refractivity contribution < 1.29 is 0 Å². The van der Waals surface area contributed by atoms with Crippen LogP contribution in [0.2, 0.25) is 5.28 Å². The number of halogens is 1. The van der Waals surface area contributed by atoms with Gasteiger partial charge in [0.05, 0.1) is 5.69 Å². The fourth-order valence-corrected chi connectivity index (χ4v) is 1.65. The molecule has 0 N–H and O–H groups in total. The molecule has 1 aromatic carbocycles. The van der Waals surface area contributed by atoms with Gasteiger partial charge in [0.2, 0.25) is 5.28 Å². The van der Waals surface area contributed by atoms with E-state index >= 15 is 0 Å². The third kappa shape index (κ3) is 1.51. The molecule has 0 unspecified atom stereocenters. The average molecular weight is 208 g/mol. The van der Waals surface area contributed by atoms with E-state index in [1.54, 1.807) is 0 Å². The van der Waals surface area contributed by atoms with Gasteiger partial charge in [-0.3, -0.25) is 4.57 Å². The van der Waals surface area contributed by atoms with Crippen LogP contribution in [0.5, 0.6) is 0 Å². The van der Waals surface area contributed by atoms with Crippen LogP contribution in [-0.2, 0) is 0 Å². The zero-order chi connectivity index (χ0) is 10.1. The molecular formula is C10H10ClN3. The second-order valence-electron chi connectivity index (χ2n) is 3.19. The smallest absolute Gasteiger partial charge is 0.229 e. The van der Waals surface area contributed by atoms with Crippen LogP contribution in [0.3, 0.4) is 0 Å². The Labute approximate surface area is 87.3 Å². The molecule has 72 valence electrons. The molecule has 0 spiro atoms. The molecule has 0 bridgehead atoms. The Morgan fingerprint density at radius 2 is 2.00 bits per heavy atom. The minimum Gasteiger partial charge on any atom is -0.270 e. The SMILES string of the molecule is Cc1cccc(-n2c(C)nnc2Cl)c1. The number of rotatable bonds is 1. The number of hydrogen-bond donors (Lipinski definition) is 0. The monoisotopic (exact) mass is 207 g/mol. The van der Waals surface area contributed by atoms with Gasteiger partial charge in [-0.25, -0.2) is 0 Å². The van der Waals surface area contributed by atoms with Gasteiger partial charge < -0.3 is 0 Å². The summed E-state index contributed by atoms with van der Waals surface area (Å²) in [6, 6.07) is 8.05. The van der Waals surface area contributed by atoms with Crippen molar-refractivity contribution in [1.29, 1.82) is 0 Å². The summed E-state index contributed by atoms with van der Waals surface area (Å²) < 4.78 is 1.81. The van der Waals surface area contributed by atoms with Crippen LogP contribution >= 0.6 is 11.6 Å². The second kappa shape index (κ2) is 3.42. The van der Waals surface area contributed by atoms with Gasteiger partial charge in [0.25, 0.3) is 0 Å². The van der Waals surface area contributed by atoms with E-state index in [0.29, 0.717) is 5.28 Å². The van der Waals surface area contributed by atoms with E-state index in [4.69, 9.17) is 11.6 Å². The second-order valence-corrected chi connectivity index (χ2v) is 3.53. The molecule has 3 nitrogen and oxygen atoms in total. The zero-order valence-electron chi connectivity index (χ0n) is 8.03. The fourth-order valence-electron chi connectivity index (χ4n) is 1.40. The van der Waals surface area contributed by atoms with Gasteiger partial charge in [-0.15, -0.1) is 10.2 Å². The summed E-state index contributed by atoms with van der Waals surface area (Å²) in [6.45, 7) is 3.91. The summed E-state index contributed by atoms with van der Waals surface area (Å²) in [5, 5.41) is 8.10. The van der Waals surface area contributed by atoms with Gasteiger partial charge in [0, 0.05) is 0 Å². The largest absolute Gasteiger partial charge is 0.270 e. The Morgan fingerprint density at radius 1 is 1.21 bits per heavy atom. The van der Waals surface area contributed by atoms with Crippen LogP contribution in [0, 0.1) is 13.8 Å². The van der Waals surface area contributed by atoms with E-state index in [2.05, 4.69) is 10.2 Å². The molecule has 0 amide bonds. The van der Waals surface area contributed by atoms with Crippen molar-refractivity contribution in [3.63, 3.8) is 0 Å². The average Bonchev–Trinajstić information content (AvgIpc) is 2.46. The molecule has 4 heteroatoms. The van der Waals surface area contributed by atoms with Crippen LogP contribution in [0.1, 0.15) is 11.4 Å². The maximum Gasteiger partial charge on any atom is 0.229 e. The highest BCUT2D eigenvalue weighted by atomic mass is 35.5. The normalized spacial score (nSPS) is 10.5. The first-order valence-electron chi connectivity index (χ1n) is 4.33. The van der Waals surface area contributed by atoms with E-state index in [0.717, 1.165) is 11.5 Å². The zero-order valence-corrected chi connectivity index (χ0v) is 8.78. The summed E-state index contributed by atoms with van der Waals surface area (Å²) in [6.07, 6.45) is 0. The minimum atomic E-state index is 0.396. The molecule has 1 heterocycles. The van der Waals surface area contributed by atoms with Crippen molar-refractivity contribution in [1.82, 2.24) is 14.8 Å².